The fraction of sp³-hybridized carbons (Fsp3) is 0.556. The van der Waals surface area contributed by atoms with E-state index in [1.165, 1.54) is 24.8 Å². The van der Waals surface area contributed by atoms with Crippen LogP contribution in [-0.2, 0) is 4.79 Å². The minimum absolute atomic E-state index is 0.205. The van der Waals surface area contributed by atoms with Crippen LogP contribution in [0.15, 0.2) is 24.3 Å². The molecule has 0 radical (unpaired) electrons. The molecule has 0 bridgehead atoms. The topological polar surface area (TPSA) is 69.6 Å². The maximum Gasteiger partial charge on any atom is 0.321 e. The number of urea groups is 1. The highest BCUT2D eigenvalue weighted by Gasteiger charge is 2.31. The van der Waals surface area contributed by atoms with E-state index in [-0.39, 0.29) is 18.5 Å². The van der Waals surface area contributed by atoms with Gasteiger partial charge in [0.05, 0.1) is 5.92 Å². The fourth-order valence-corrected chi connectivity index (χ4v) is 3.48. The average Bonchev–Trinajstić information content (AvgIpc) is 2.46. The van der Waals surface area contributed by atoms with Crippen molar-refractivity contribution in [1.29, 1.82) is 0 Å². The second kappa shape index (κ2) is 6.60. The van der Waals surface area contributed by atoms with Crippen LogP contribution in [0.3, 0.4) is 0 Å². The normalized spacial score (nSPS) is 24.8. The summed E-state index contributed by atoms with van der Waals surface area (Å²) in [6, 6.07) is 7.83. The number of nitrogens with one attached hydrogen (secondary N) is 1. The minimum Gasteiger partial charge on any atom is -0.481 e. The molecule has 23 heavy (non-hydrogen) atoms. The molecule has 1 aliphatic heterocycles. The Bertz CT molecular complexity index is 580. The lowest BCUT2D eigenvalue weighted by atomic mass is 9.80. The van der Waals surface area contributed by atoms with Crippen LogP contribution in [0.4, 0.5) is 10.5 Å². The fourth-order valence-electron chi connectivity index (χ4n) is 3.48. The molecule has 2 N–H and O–H groups in total. The van der Waals surface area contributed by atoms with Crippen LogP contribution < -0.4 is 5.32 Å². The van der Waals surface area contributed by atoms with Crippen molar-refractivity contribution >= 4 is 17.7 Å². The quantitative estimate of drug-likeness (QED) is 0.896. The second-order valence-electron chi connectivity index (χ2n) is 6.96. The van der Waals surface area contributed by atoms with Crippen LogP contribution in [-0.4, -0.2) is 35.1 Å². The van der Waals surface area contributed by atoms with Gasteiger partial charge in [-0.05, 0) is 48.8 Å². The summed E-state index contributed by atoms with van der Waals surface area (Å²) in [6.07, 6.45) is 4.46. The SMILES string of the molecule is CC1CC(C(=O)O)CN(C(=O)Nc2ccc(C3CCC3)cc2)C1. The Labute approximate surface area is 136 Å². The summed E-state index contributed by atoms with van der Waals surface area (Å²) in [5, 5.41) is 12.1. The van der Waals surface area contributed by atoms with Crippen LogP contribution >= 0.6 is 0 Å². The molecule has 2 atom stereocenters. The Morgan fingerprint density at radius 1 is 1.17 bits per heavy atom. The van der Waals surface area contributed by atoms with Crippen LogP contribution in [0.2, 0.25) is 0 Å². The summed E-state index contributed by atoms with van der Waals surface area (Å²) >= 11 is 0. The predicted molar refractivity (Wildman–Crippen MR) is 88.5 cm³/mol. The number of piperidine rings is 1. The van der Waals surface area contributed by atoms with Crippen molar-refractivity contribution < 1.29 is 14.7 Å². The van der Waals surface area contributed by atoms with Gasteiger partial charge in [-0.1, -0.05) is 25.5 Å². The zero-order valence-corrected chi connectivity index (χ0v) is 13.5. The Kier molecular flexibility index (Phi) is 4.55. The van der Waals surface area contributed by atoms with Gasteiger partial charge in [-0.3, -0.25) is 4.79 Å². The first-order valence-electron chi connectivity index (χ1n) is 8.41. The highest BCUT2D eigenvalue weighted by Crippen LogP contribution is 2.36. The first-order chi connectivity index (χ1) is 11.0. The maximum absolute atomic E-state index is 12.4. The number of benzene rings is 1. The van der Waals surface area contributed by atoms with Crippen LogP contribution in [0, 0.1) is 11.8 Å². The Balaban J connectivity index is 1.60. The van der Waals surface area contributed by atoms with Gasteiger partial charge in [0.1, 0.15) is 0 Å². The Morgan fingerprint density at radius 3 is 2.43 bits per heavy atom. The second-order valence-corrected chi connectivity index (χ2v) is 6.96. The van der Waals surface area contributed by atoms with Crippen molar-refractivity contribution in [3.8, 4) is 0 Å². The monoisotopic (exact) mass is 316 g/mol. The number of carbonyl (C=O) groups is 2. The van der Waals surface area contributed by atoms with Gasteiger partial charge < -0.3 is 15.3 Å². The van der Waals surface area contributed by atoms with Crippen LogP contribution in [0.5, 0.6) is 0 Å². The van der Waals surface area contributed by atoms with E-state index < -0.39 is 11.9 Å². The molecule has 2 fully saturated rings. The van der Waals surface area contributed by atoms with Crippen molar-refractivity contribution in [3.05, 3.63) is 29.8 Å². The van der Waals surface area contributed by atoms with E-state index in [2.05, 4.69) is 17.4 Å². The molecule has 2 unspecified atom stereocenters. The molecule has 124 valence electrons. The molecule has 1 aliphatic carbocycles. The van der Waals surface area contributed by atoms with Crippen LogP contribution in [0.1, 0.15) is 44.1 Å². The summed E-state index contributed by atoms with van der Waals surface area (Å²) in [7, 11) is 0. The number of hydrogen-bond acceptors (Lipinski definition) is 2. The summed E-state index contributed by atoms with van der Waals surface area (Å²) in [5.41, 5.74) is 2.11. The third-order valence-corrected chi connectivity index (χ3v) is 5.03. The summed E-state index contributed by atoms with van der Waals surface area (Å²) in [5.74, 6) is -0.402. The van der Waals surface area contributed by atoms with E-state index in [9.17, 15) is 14.7 Å². The van der Waals surface area contributed by atoms with Crippen molar-refractivity contribution in [2.75, 3.05) is 18.4 Å². The van der Waals surface area contributed by atoms with E-state index >= 15 is 0 Å². The van der Waals surface area contributed by atoms with E-state index in [0.717, 1.165) is 5.69 Å². The first-order valence-corrected chi connectivity index (χ1v) is 8.41. The molecule has 0 aromatic heterocycles. The number of amides is 2. The molecule has 2 aliphatic rings. The Morgan fingerprint density at radius 2 is 1.87 bits per heavy atom. The molecular weight excluding hydrogens is 292 g/mol. The van der Waals surface area contributed by atoms with Gasteiger partial charge >= 0.3 is 12.0 Å². The number of carboxylic acid groups (broad SMARTS) is 1. The molecule has 1 aromatic carbocycles. The highest BCUT2D eigenvalue weighted by atomic mass is 16.4. The third-order valence-electron chi connectivity index (χ3n) is 5.03. The van der Waals surface area contributed by atoms with Gasteiger partial charge in [0.15, 0.2) is 0 Å². The minimum atomic E-state index is -0.820. The number of hydrogen-bond donors (Lipinski definition) is 2. The Hall–Kier alpha value is -2.04. The molecule has 5 nitrogen and oxygen atoms in total. The van der Waals surface area contributed by atoms with E-state index in [1.807, 2.05) is 19.1 Å². The van der Waals surface area contributed by atoms with Gasteiger partial charge in [-0.15, -0.1) is 0 Å². The number of likely N-dealkylation sites (tertiary alicyclic amines) is 1. The van der Waals surface area contributed by atoms with Crippen molar-refractivity contribution in [2.45, 2.75) is 38.5 Å². The lowest BCUT2D eigenvalue weighted by molar-refractivity contribution is -0.143. The molecular formula is C18H24N2O3. The molecule has 5 heteroatoms. The largest absolute Gasteiger partial charge is 0.481 e. The van der Waals surface area contributed by atoms with Gasteiger partial charge in [0.25, 0.3) is 0 Å². The number of nitrogens with zero attached hydrogens (tertiary/aromatic N) is 1. The molecule has 1 saturated heterocycles. The lowest BCUT2D eigenvalue weighted by Crippen LogP contribution is -2.47. The van der Waals surface area contributed by atoms with Crippen LogP contribution in [0.25, 0.3) is 0 Å². The van der Waals surface area contributed by atoms with E-state index in [0.29, 0.717) is 18.9 Å². The van der Waals surface area contributed by atoms with Gasteiger partial charge in [-0.25, -0.2) is 4.79 Å². The number of rotatable bonds is 3. The van der Waals surface area contributed by atoms with Gasteiger partial charge in [-0.2, -0.15) is 0 Å². The molecule has 1 heterocycles. The lowest BCUT2D eigenvalue weighted by Gasteiger charge is -2.34. The van der Waals surface area contributed by atoms with E-state index in [4.69, 9.17) is 0 Å². The molecule has 1 aromatic rings. The van der Waals surface area contributed by atoms with Crippen molar-refractivity contribution in [2.24, 2.45) is 11.8 Å². The van der Waals surface area contributed by atoms with Gasteiger partial charge in [0.2, 0.25) is 0 Å². The van der Waals surface area contributed by atoms with E-state index in [1.54, 1.807) is 4.90 Å². The molecule has 2 amide bonds. The zero-order chi connectivity index (χ0) is 16.4. The standard InChI is InChI=1S/C18H24N2O3/c1-12-9-15(17(21)22)11-20(10-12)18(23)19-16-7-5-14(6-8-16)13-3-2-4-13/h5-8,12-13,15H,2-4,9-11H2,1H3,(H,19,23)(H,21,22). The summed E-state index contributed by atoms with van der Waals surface area (Å²) in [6.45, 7) is 2.88. The predicted octanol–water partition coefficient (Wildman–Crippen LogP) is 3.53. The van der Waals surface area contributed by atoms with Crippen molar-refractivity contribution in [1.82, 2.24) is 4.90 Å². The first kappa shape index (κ1) is 15.8. The van der Waals surface area contributed by atoms with Gasteiger partial charge in [0, 0.05) is 18.8 Å². The number of carboxylic acids is 1. The summed E-state index contributed by atoms with van der Waals surface area (Å²) in [4.78, 5) is 25.2. The van der Waals surface area contributed by atoms with Crippen molar-refractivity contribution in [3.63, 3.8) is 0 Å². The smallest absolute Gasteiger partial charge is 0.321 e. The third kappa shape index (κ3) is 3.66. The zero-order valence-electron chi connectivity index (χ0n) is 13.5. The molecule has 1 saturated carbocycles. The molecule has 0 spiro atoms. The average molecular weight is 316 g/mol. The number of aliphatic carboxylic acids is 1. The highest BCUT2D eigenvalue weighted by molar-refractivity contribution is 5.89. The maximum atomic E-state index is 12.4. The molecule has 3 rings (SSSR count). The summed E-state index contributed by atoms with van der Waals surface area (Å²) < 4.78 is 0. The number of anilines is 1. The number of carbonyl (C=O) groups excluding carboxylic acids is 1.